The van der Waals surface area contributed by atoms with E-state index in [4.69, 9.17) is 0 Å². The predicted molar refractivity (Wildman–Crippen MR) is 40.3 cm³/mol. The molecule has 10 heavy (non-hydrogen) atoms. The molecule has 0 amide bonds. The molecule has 0 bridgehead atoms. The number of hydrogen-bond acceptors (Lipinski definition) is 3. The van der Waals surface area contributed by atoms with Gasteiger partial charge in [0.2, 0.25) is 0 Å². The van der Waals surface area contributed by atoms with Crippen LogP contribution < -0.4 is 5.32 Å². The Morgan fingerprint density at radius 1 is 1.60 bits per heavy atom. The Balaban J connectivity index is 2.71. The van der Waals surface area contributed by atoms with E-state index < -0.39 is 7.92 Å². The smallest absolute Gasteiger partial charge is 0.178 e. The molecule has 0 aromatic rings. The third-order valence-corrected chi connectivity index (χ3v) is 3.63. The average Bonchev–Trinajstić information content (AvgIpc) is 2.17. The first-order valence-electron chi connectivity index (χ1n) is 3.14. The van der Waals surface area contributed by atoms with E-state index in [0.717, 1.165) is 0 Å². The summed E-state index contributed by atoms with van der Waals surface area (Å²) in [7, 11) is 0.740. The van der Waals surface area contributed by atoms with Crippen molar-refractivity contribution >= 4 is 19.0 Å². The molecular formula is C6H10NO2P. The van der Waals surface area contributed by atoms with Gasteiger partial charge in [-0.1, -0.05) is 0 Å². The first-order chi connectivity index (χ1) is 4.66. The van der Waals surface area contributed by atoms with E-state index in [-0.39, 0.29) is 17.1 Å². The topological polar surface area (TPSA) is 46.2 Å². The number of rotatable bonds is 1. The number of likely N-dealkylation sites (N-methyl/N-ethyl adjacent to an activating group) is 1. The third-order valence-electron chi connectivity index (χ3n) is 1.73. The van der Waals surface area contributed by atoms with Crippen molar-refractivity contribution in [2.75, 3.05) is 13.7 Å². The van der Waals surface area contributed by atoms with E-state index in [1.807, 2.05) is 0 Å². The second-order valence-corrected chi connectivity index (χ2v) is 4.39. The Hall–Kier alpha value is -0.270. The highest BCUT2D eigenvalue weighted by atomic mass is 31.1. The largest absolute Gasteiger partial charge is 0.310 e. The summed E-state index contributed by atoms with van der Waals surface area (Å²) >= 11 is 0. The van der Waals surface area contributed by atoms with Gasteiger partial charge in [0.05, 0.1) is 6.04 Å². The highest BCUT2D eigenvalue weighted by Gasteiger charge is 2.36. The molecule has 0 radical (unpaired) electrons. The van der Waals surface area contributed by atoms with Crippen LogP contribution in [0.2, 0.25) is 0 Å². The summed E-state index contributed by atoms with van der Waals surface area (Å²) in [5.74, 6) is 0. The molecule has 1 heterocycles. The first-order valence-corrected chi connectivity index (χ1v) is 4.93. The van der Waals surface area contributed by atoms with Gasteiger partial charge in [0.25, 0.3) is 0 Å². The highest BCUT2D eigenvalue weighted by Crippen LogP contribution is 2.42. The maximum atomic E-state index is 11.1. The normalized spacial score (nSPS) is 33.4. The molecule has 0 spiro atoms. The lowest BCUT2D eigenvalue weighted by molar-refractivity contribution is -0.113. The molecule has 0 aliphatic carbocycles. The van der Waals surface area contributed by atoms with E-state index in [1.54, 1.807) is 13.7 Å². The standard InChI is InChI=1S/C6H10NO2P/c1-7-4-3-5(8)10(2)6(4)9/h4,7H,3H2,1-2H3. The lowest BCUT2D eigenvalue weighted by Gasteiger charge is -2.02. The van der Waals surface area contributed by atoms with Crippen molar-refractivity contribution in [1.29, 1.82) is 0 Å². The molecule has 56 valence electrons. The zero-order chi connectivity index (χ0) is 7.72. The van der Waals surface area contributed by atoms with Gasteiger partial charge < -0.3 is 5.32 Å². The lowest BCUT2D eigenvalue weighted by atomic mass is 10.2. The van der Waals surface area contributed by atoms with Crippen LogP contribution in [0.25, 0.3) is 0 Å². The second kappa shape index (κ2) is 2.77. The van der Waals surface area contributed by atoms with Crippen molar-refractivity contribution in [2.45, 2.75) is 12.5 Å². The molecule has 1 N–H and O–H groups in total. The Morgan fingerprint density at radius 2 is 2.20 bits per heavy atom. The van der Waals surface area contributed by atoms with Crippen LogP contribution in [0.4, 0.5) is 0 Å². The molecule has 0 aromatic carbocycles. The van der Waals surface area contributed by atoms with Crippen molar-refractivity contribution < 1.29 is 9.59 Å². The van der Waals surface area contributed by atoms with Crippen LogP contribution in [0.15, 0.2) is 0 Å². The maximum Gasteiger partial charge on any atom is 0.178 e. The van der Waals surface area contributed by atoms with Gasteiger partial charge in [-0.2, -0.15) is 0 Å². The second-order valence-electron chi connectivity index (χ2n) is 2.34. The molecule has 1 aliphatic rings. The number of hydrogen-bond donors (Lipinski definition) is 1. The van der Waals surface area contributed by atoms with Crippen LogP contribution in [0.3, 0.4) is 0 Å². The number of carbonyl (C=O) groups is 2. The SMILES string of the molecule is CNC1CC(=O)P(C)C1=O. The van der Waals surface area contributed by atoms with Gasteiger partial charge in [-0.25, -0.2) is 0 Å². The van der Waals surface area contributed by atoms with Crippen LogP contribution in [-0.4, -0.2) is 30.8 Å². The van der Waals surface area contributed by atoms with Crippen LogP contribution in [0.1, 0.15) is 6.42 Å². The van der Waals surface area contributed by atoms with Gasteiger partial charge in [0, 0.05) is 14.3 Å². The van der Waals surface area contributed by atoms with Crippen molar-refractivity contribution in [3.63, 3.8) is 0 Å². The molecule has 1 saturated heterocycles. The van der Waals surface area contributed by atoms with Crippen molar-refractivity contribution in [3.05, 3.63) is 0 Å². The minimum atomic E-state index is -0.973. The molecule has 2 unspecified atom stereocenters. The summed E-state index contributed by atoms with van der Waals surface area (Å²) < 4.78 is 0. The molecule has 1 rings (SSSR count). The van der Waals surface area contributed by atoms with E-state index in [9.17, 15) is 9.59 Å². The predicted octanol–water partition coefficient (Wildman–Crippen LogP) is 0.143. The lowest BCUT2D eigenvalue weighted by Crippen LogP contribution is -2.28. The molecule has 1 fully saturated rings. The fourth-order valence-corrected chi connectivity index (χ4v) is 2.37. The number of nitrogens with one attached hydrogen (secondary N) is 1. The first kappa shape index (κ1) is 7.83. The Labute approximate surface area is 60.9 Å². The van der Waals surface area contributed by atoms with Gasteiger partial charge in [-0.3, -0.25) is 9.59 Å². The van der Waals surface area contributed by atoms with Crippen LogP contribution in [0, 0.1) is 0 Å². The zero-order valence-electron chi connectivity index (χ0n) is 6.05. The van der Waals surface area contributed by atoms with E-state index >= 15 is 0 Å². The van der Waals surface area contributed by atoms with Crippen LogP contribution in [-0.2, 0) is 9.59 Å². The van der Waals surface area contributed by atoms with Gasteiger partial charge in [0.15, 0.2) is 11.0 Å². The highest BCUT2D eigenvalue weighted by molar-refractivity contribution is 7.89. The molecule has 2 atom stereocenters. The average molecular weight is 159 g/mol. The summed E-state index contributed by atoms with van der Waals surface area (Å²) in [5.41, 5.74) is 0.224. The maximum absolute atomic E-state index is 11.1. The fraction of sp³-hybridized carbons (Fsp3) is 0.667. The van der Waals surface area contributed by atoms with Gasteiger partial charge in [0.1, 0.15) is 0 Å². The summed E-state index contributed by atoms with van der Waals surface area (Å²) in [4.78, 5) is 22.0. The third kappa shape index (κ3) is 1.11. The van der Waals surface area contributed by atoms with Gasteiger partial charge in [-0.15, -0.1) is 0 Å². The molecule has 0 aromatic heterocycles. The van der Waals surface area contributed by atoms with Crippen molar-refractivity contribution in [2.24, 2.45) is 0 Å². The number of carbonyl (C=O) groups excluding carboxylic acids is 2. The fourth-order valence-electron chi connectivity index (χ4n) is 0.981. The summed E-state index contributed by atoms with van der Waals surface area (Å²) in [6.45, 7) is 1.73. The zero-order valence-corrected chi connectivity index (χ0v) is 6.94. The van der Waals surface area contributed by atoms with E-state index in [0.29, 0.717) is 6.42 Å². The molecule has 1 aliphatic heterocycles. The summed E-state index contributed by atoms with van der Waals surface area (Å²) in [6, 6.07) is -0.191. The van der Waals surface area contributed by atoms with Gasteiger partial charge in [-0.05, 0) is 13.7 Å². The Bertz CT molecular complexity index is 181. The summed E-state index contributed by atoms with van der Waals surface area (Å²) in [6.07, 6.45) is 0.400. The minimum Gasteiger partial charge on any atom is -0.310 e. The van der Waals surface area contributed by atoms with E-state index in [2.05, 4.69) is 5.32 Å². The summed E-state index contributed by atoms with van der Waals surface area (Å²) in [5, 5.41) is 2.82. The van der Waals surface area contributed by atoms with Gasteiger partial charge >= 0.3 is 0 Å². The molecule has 0 saturated carbocycles. The molecular weight excluding hydrogens is 149 g/mol. The van der Waals surface area contributed by atoms with Crippen LogP contribution >= 0.6 is 7.92 Å². The minimum absolute atomic E-state index is 0.0995. The Kier molecular flexibility index (Phi) is 2.17. The molecule has 3 nitrogen and oxygen atoms in total. The van der Waals surface area contributed by atoms with Crippen LogP contribution in [0.5, 0.6) is 0 Å². The van der Waals surface area contributed by atoms with Crippen molar-refractivity contribution in [1.82, 2.24) is 5.32 Å². The van der Waals surface area contributed by atoms with E-state index in [1.165, 1.54) is 0 Å². The Morgan fingerprint density at radius 3 is 2.40 bits per heavy atom. The quantitative estimate of drug-likeness (QED) is 0.553. The monoisotopic (exact) mass is 159 g/mol. The molecule has 4 heteroatoms. The van der Waals surface area contributed by atoms with Crippen molar-refractivity contribution in [3.8, 4) is 0 Å².